The van der Waals surface area contributed by atoms with Crippen LogP contribution in [0, 0.1) is 0 Å². The highest BCUT2D eigenvalue weighted by molar-refractivity contribution is 7.97. The Balaban J connectivity index is 2.59. The van der Waals surface area contributed by atoms with Crippen molar-refractivity contribution in [2.75, 3.05) is 6.26 Å². The highest BCUT2D eigenvalue weighted by Crippen LogP contribution is 2.10. The third-order valence-electron chi connectivity index (χ3n) is 1.88. The lowest BCUT2D eigenvalue weighted by Crippen LogP contribution is -2.40. The number of hydrogen-bond donors (Lipinski definition) is 2. The van der Waals surface area contributed by atoms with Gasteiger partial charge < -0.3 is 0 Å². The molecule has 86 valence electrons. The molecule has 0 spiro atoms. The molecule has 0 aromatic heterocycles. The Bertz CT molecular complexity index is 376. The summed E-state index contributed by atoms with van der Waals surface area (Å²) in [7, 11) is 0. The van der Waals surface area contributed by atoms with Gasteiger partial charge in [-0.15, -0.1) is 0 Å². The fraction of sp³-hybridized carbons (Fsp3) is 0.273. The van der Waals surface area contributed by atoms with E-state index in [-0.39, 0.29) is 11.8 Å². The number of carbonyl (C=O) groups excluding carboxylic acids is 2. The normalized spacial score (nSPS) is 9.62. The fourth-order valence-electron chi connectivity index (χ4n) is 1.14. The largest absolute Gasteiger partial charge is 0.274 e. The second kappa shape index (κ2) is 6.17. The zero-order valence-electron chi connectivity index (χ0n) is 9.24. The van der Waals surface area contributed by atoms with Gasteiger partial charge in [-0.1, -0.05) is 12.1 Å². The highest BCUT2D eigenvalue weighted by atomic mass is 32.2. The highest BCUT2D eigenvalue weighted by Gasteiger charge is 2.04. The Hall–Kier alpha value is -1.49. The van der Waals surface area contributed by atoms with Crippen molar-refractivity contribution in [3.8, 4) is 0 Å². The van der Waals surface area contributed by atoms with Crippen molar-refractivity contribution >= 4 is 23.6 Å². The summed E-state index contributed by atoms with van der Waals surface area (Å²) < 4.78 is 0. The van der Waals surface area contributed by atoms with Gasteiger partial charge in [-0.05, 0) is 24.0 Å². The minimum absolute atomic E-state index is 0.299. The Kier molecular flexibility index (Phi) is 4.85. The van der Waals surface area contributed by atoms with E-state index in [1.807, 2.05) is 18.4 Å². The zero-order valence-corrected chi connectivity index (χ0v) is 10.1. The minimum atomic E-state index is -0.314. The van der Waals surface area contributed by atoms with E-state index < -0.39 is 0 Å². The quantitative estimate of drug-likeness (QED) is 0.781. The van der Waals surface area contributed by atoms with E-state index in [9.17, 15) is 9.59 Å². The first kappa shape index (κ1) is 12.6. The van der Waals surface area contributed by atoms with Crippen LogP contribution in [-0.2, 0) is 10.5 Å². The number of nitrogens with one attached hydrogen (secondary N) is 2. The summed E-state index contributed by atoms with van der Waals surface area (Å²) in [6.07, 6.45) is 2.03. The van der Waals surface area contributed by atoms with Crippen LogP contribution in [0.2, 0.25) is 0 Å². The average molecular weight is 238 g/mol. The van der Waals surface area contributed by atoms with E-state index in [4.69, 9.17) is 0 Å². The van der Waals surface area contributed by atoms with E-state index in [2.05, 4.69) is 10.9 Å². The van der Waals surface area contributed by atoms with Gasteiger partial charge >= 0.3 is 0 Å². The summed E-state index contributed by atoms with van der Waals surface area (Å²) in [5, 5.41) is 0. The molecular formula is C11H14N2O2S. The second-order valence-corrected chi connectivity index (χ2v) is 4.13. The Morgan fingerprint density at radius 3 is 2.31 bits per heavy atom. The number of hydrogen-bond acceptors (Lipinski definition) is 3. The molecule has 1 aromatic carbocycles. The number of hydrazine groups is 1. The number of carbonyl (C=O) groups is 2. The maximum absolute atomic E-state index is 11.5. The number of amides is 2. The van der Waals surface area contributed by atoms with E-state index in [1.165, 1.54) is 12.5 Å². The second-order valence-electron chi connectivity index (χ2n) is 3.27. The van der Waals surface area contributed by atoms with Crippen LogP contribution >= 0.6 is 11.8 Å². The summed E-state index contributed by atoms with van der Waals surface area (Å²) in [4.78, 5) is 22.1. The summed E-state index contributed by atoms with van der Waals surface area (Å²) >= 11 is 1.73. The molecule has 0 aliphatic rings. The lowest BCUT2D eigenvalue weighted by molar-refractivity contribution is -0.119. The van der Waals surface area contributed by atoms with Crippen molar-refractivity contribution < 1.29 is 9.59 Å². The molecule has 2 amide bonds. The molecule has 5 heteroatoms. The maximum atomic E-state index is 11.5. The van der Waals surface area contributed by atoms with Crippen molar-refractivity contribution in [1.82, 2.24) is 10.9 Å². The molecule has 0 aliphatic heterocycles. The third kappa shape index (κ3) is 3.94. The molecule has 2 N–H and O–H groups in total. The van der Waals surface area contributed by atoms with Gasteiger partial charge in [0.1, 0.15) is 0 Å². The Morgan fingerprint density at radius 1 is 1.19 bits per heavy atom. The minimum Gasteiger partial charge on any atom is -0.274 e. The molecule has 1 rings (SSSR count). The SMILES string of the molecule is CSCc1ccc(C(=O)NNC(C)=O)cc1. The van der Waals surface area contributed by atoms with Crippen molar-refractivity contribution in [2.24, 2.45) is 0 Å². The summed E-state index contributed by atoms with van der Waals surface area (Å²) in [5.41, 5.74) is 6.24. The van der Waals surface area contributed by atoms with Gasteiger partial charge in [-0.25, -0.2) is 0 Å². The Labute approximate surface area is 98.8 Å². The third-order valence-corrected chi connectivity index (χ3v) is 2.50. The monoisotopic (exact) mass is 238 g/mol. The lowest BCUT2D eigenvalue weighted by Gasteiger charge is -2.05. The van der Waals surface area contributed by atoms with Crippen molar-refractivity contribution in [3.63, 3.8) is 0 Å². The van der Waals surface area contributed by atoms with Gasteiger partial charge in [0.25, 0.3) is 5.91 Å². The van der Waals surface area contributed by atoms with Gasteiger partial charge in [0.15, 0.2) is 0 Å². The van der Waals surface area contributed by atoms with Gasteiger partial charge in [0, 0.05) is 18.2 Å². The molecular weight excluding hydrogens is 224 g/mol. The molecule has 0 fully saturated rings. The van der Waals surface area contributed by atoms with Crippen LogP contribution in [0.15, 0.2) is 24.3 Å². The van der Waals surface area contributed by atoms with Crippen LogP contribution in [0.5, 0.6) is 0 Å². The van der Waals surface area contributed by atoms with Gasteiger partial charge in [0.2, 0.25) is 5.91 Å². The summed E-state index contributed by atoms with van der Waals surface area (Å²) in [5.74, 6) is 0.311. The predicted octanol–water partition coefficient (Wildman–Crippen LogP) is 1.33. The van der Waals surface area contributed by atoms with E-state index in [0.717, 1.165) is 5.75 Å². The van der Waals surface area contributed by atoms with Gasteiger partial charge in [-0.2, -0.15) is 11.8 Å². The van der Waals surface area contributed by atoms with Crippen molar-refractivity contribution in [3.05, 3.63) is 35.4 Å². The van der Waals surface area contributed by atoms with Crippen LogP contribution in [0.3, 0.4) is 0 Å². The summed E-state index contributed by atoms with van der Waals surface area (Å²) in [6, 6.07) is 7.28. The van der Waals surface area contributed by atoms with Crippen LogP contribution in [0.25, 0.3) is 0 Å². The van der Waals surface area contributed by atoms with E-state index in [1.54, 1.807) is 23.9 Å². The van der Waals surface area contributed by atoms with Crippen molar-refractivity contribution in [1.29, 1.82) is 0 Å². The maximum Gasteiger partial charge on any atom is 0.269 e. The first-order valence-corrected chi connectivity index (χ1v) is 6.17. The summed E-state index contributed by atoms with van der Waals surface area (Å²) in [6.45, 7) is 1.34. The number of benzene rings is 1. The standard InChI is InChI=1S/C11H14N2O2S/c1-8(14)12-13-11(15)10-5-3-9(4-6-10)7-16-2/h3-6H,7H2,1-2H3,(H,12,14)(H,13,15). The molecule has 4 nitrogen and oxygen atoms in total. The molecule has 0 saturated carbocycles. The molecule has 0 atom stereocenters. The van der Waals surface area contributed by atoms with E-state index >= 15 is 0 Å². The Morgan fingerprint density at radius 2 is 1.81 bits per heavy atom. The lowest BCUT2D eigenvalue weighted by atomic mass is 10.1. The smallest absolute Gasteiger partial charge is 0.269 e. The molecule has 0 heterocycles. The molecule has 0 bridgehead atoms. The number of thioether (sulfide) groups is 1. The molecule has 0 saturated heterocycles. The average Bonchev–Trinajstić information content (AvgIpc) is 2.27. The van der Waals surface area contributed by atoms with Crippen LogP contribution < -0.4 is 10.9 Å². The number of rotatable bonds is 3. The molecule has 16 heavy (non-hydrogen) atoms. The fourth-order valence-corrected chi connectivity index (χ4v) is 1.66. The first-order chi connectivity index (χ1) is 7.63. The van der Waals surface area contributed by atoms with Crippen molar-refractivity contribution in [2.45, 2.75) is 12.7 Å². The first-order valence-electron chi connectivity index (χ1n) is 4.78. The van der Waals surface area contributed by atoms with Crippen LogP contribution in [0.1, 0.15) is 22.8 Å². The molecule has 0 aliphatic carbocycles. The molecule has 1 aromatic rings. The van der Waals surface area contributed by atoms with Crippen LogP contribution in [-0.4, -0.2) is 18.1 Å². The van der Waals surface area contributed by atoms with Crippen LogP contribution in [0.4, 0.5) is 0 Å². The van der Waals surface area contributed by atoms with E-state index in [0.29, 0.717) is 5.56 Å². The molecule has 0 radical (unpaired) electrons. The topological polar surface area (TPSA) is 58.2 Å². The van der Waals surface area contributed by atoms with Gasteiger partial charge in [-0.3, -0.25) is 20.4 Å². The predicted molar refractivity (Wildman–Crippen MR) is 64.9 cm³/mol. The van der Waals surface area contributed by atoms with Gasteiger partial charge in [0.05, 0.1) is 0 Å². The zero-order chi connectivity index (χ0) is 12.0. The molecule has 0 unspecified atom stereocenters.